The molecule has 11 rings (SSSR count). The largest absolute Gasteiger partial charge is 0.310 e. The lowest BCUT2D eigenvalue weighted by atomic mass is 9.79. The second-order valence-corrected chi connectivity index (χ2v) is 17.3. The molecule has 0 heterocycles. The minimum absolute atomic E-state index is 0.100. The smallest absolute Gasteiger partial charge is 0.0465 e. The molecule has 0 radical (unpaired) electrons. The molecule has 0 atom stereocenters. The van der Waals surface area contributed by atoms with Crippen molar-refractivity contribution >= 4 is 27.8 Å². The van der Waals surface area contributed by atoms with Gasteiger partial charge in [0, 0.05) is 27.9 Å². The fourth-order valence-corrected chi connectivity index (χ4v) is 10.2. The Morgan fingerprint density at radius 2 is 0.831 bits per heavy atom. The zero-order valence-corrected chi connectivity index (χ0v) is 34.0. The monoisotopic (exact) mass is 755 g/mol. The summed E-state index contributed by atoms with van der Waals surface area (Å²) in [7, 11) is 0. The van der Waals surface area contributed by atoms with E-state index < -0.39 is 0 Å². The highest BCUT2D eigenvalue weighted by molar-refractivity contribution is 6.05. The van der Waals surface area contributed by atoms with Crippen LogP contribution in [0.25, 0.3) is 66.4 Å². The zero-order valence-electron chi connectivity index (χ0n) is 34.0. The number of rotatable bonds is 6. The molecule has 1 heteroatoms. The highest BCUT2D eigenvalue weighted by Gasteiger charge is 2.39. The quantitative estimate of drug-likeness (QED) is 0.163. The predicted octanol–water partition coefficient (Wildman–Crippen LogP) is 15.9. The van der Waals surface area contributed by atoms with Crippen LogP contribution in [-0.4, -0.2) is 0 Å². The van der Waals surface area contributed by atoms with Gasteiger partial charge >= 0.3 is 0 Å². The molecule has 2 aliphatic carbocycles. The van der Waals surface area contributed by atoms with Gasteiger partial charge in [-0.3, -0.25) is 0 Å². The van der Waals surface area contributed by atoms with Gasteiger partial charge < -0.3 is 4.90 Å². The molecule has 0 fully saturated rings. The summed E-state index contributed by atoms with van der Waals surface area (Å²) in [6.07, 6.45) is 0. The van der Waals surface area contributed by atoms with Crippen molar-refractivity contribution < 1.29 is 0 Å². The summed E-state index contributed by atoms with van der Waals surface area (Å²) >= 11 is 0. The van der Waals surface area contributed by atoms with E-state index in [0.29, 0.717) is 0 Å². The fraction of sp³-hybridized carbons (Fsp3) is 0.103. The molecule has 2 aliphatic rings. The van der Waals surface area contributed by atoms with Gasteiger partial charge in [-0.2, -0.15) is 0 Å². The molecule has 0 unspecified atom stereocenters. The minimum Gasteiger partial charge on any atom is -0.310 e. The molecule has 9 aromatic carbocycles. The van der Waals surface area contributed by atoms with Crippen LogP contribution in [0, 0.1) is 0 Å². The average Bonchev–Trinajstić information content (AvgIpc) is 3.66. The van der Waals surface area contributed by atoms with Crippen molar-refractivity contribution in [3.63, 3.8) is 0 Å². The number of hydrogen-bond acceptors (Lipinski definition) is 1. The number of fused-ring (bicyclic) bond motifs is 8. The van der Waals surface area contributed by atoms with E-state index in [0.717, 1.165) is 17.1 Å². The van der Waals surface area contributed by atoms with Crippen LogP contribution in [0.15, 0.2) is 200 Å². The second kappa shape index (κ2) is 13.3. The third kappa shape index (κ3) is 5.53. The van der Waals surface area contributed by atoms with E-state index in [2.05, 4.69) is 233 Å². The van der Waals surface area contributed by atoms with Gasteiger partial charge in [0.2, 0.25) is 0 Å². The van der Waals surface area contributed by atoms with Crippen LogP contribution >= 0.6 is 0 Å². The van der Waals surface area contributed by atoms with Crippen LogP contribution in [0.5, 0.6) is 0 Å². The molecule has 0 N–H and O–H groups in total. The van der Waals surface area contributed by atoms with Gasteiger partial charge in [-0.05, 0) is 137 Å². The molecule has 0 amide bonds. The summed E-state index contributed by atoms with van der Waals surface area (Å²) in [4.78, 5) is 2.42. The summed E-state index contributed by atoms with van der Waals surface area (Å²) in [5, 5.41) is 2.61. The first kappa shape index (κ1) is 35.2. The maximum atomic E-state index is 2.43. The number of anilines is 3. The summed E-state index contributed by atoms with van der Waals surface area (Å²) in [6.45, 7) is 9.53. The molecule has 9 aromatic rings. The maximum Gasteiger partial charge on any atom is 0.0465 e. The van der Waals surface area contributed by atoms with Crippen LogP contribution in [0.3, 0.4) is 0 Å². The highest BCUT2D eigenvalue weighted by atomic mass is 15.1. The normalized spacial score (nSPS) is 14.0. The van der Waals surface area contributed by atoms with E-state index in [9.17, 15) is 0 Å². The first-order valence-corrected chi connectivity index (χ1v) is 20.8. The maximum absolute atomic E-state index is 2.43. The van der Waals surface area contributed by atoms with Crippen molar-refractivity contribution in [2.75, 3.05) is 4.90 Å². The molecule has 59 heavy (non-hydrogen) atoms. The first-order valence-electron chi connectivity index (χ1n) is 20.8. The fourth-order valence-electron chi connectivity index (χ4n) is 10.2. The van der Waals surface area contributed by atoms with Gasteiger partial charge in [0.15, 0.2) is 0 Å². The van der Waals surface area contributed by atoms with E-state index in [1.165, 1.54) is 88.7 Å². The lowest BCUT2D eigenvalue weighted by molar-refractivity contribution is 0.660. The van der Waals surface area contributed by atoms with Crippen LogP contribution < -0.4 is 4.90 Å². The SMILES string of the molecule is CC1(C)c2ccccc2-c2ccc(N(c3ccc(-c4ccccc4)cc3)c3ccc(-c4cc5ccccc5c5c4-c4ccc(-c6ccccc6)cc4C5(C)C)cc3)cc21. The van der Waals surface area contributed by atoms with Gasteiger partial charge in [-0.1, -0.05) is 179 Å². The van der Waals surface area contributed by atoms with E-state index in [1.807, 2.05) is 0 Å². The topological polar surface area (TPSA) is 3.24 Å². The Bertz CT molecular complexity index is 3060. The zero-order chi connectivity index (χ0) is 39.9. The van der Waals surface area contributed by atoms with E-state index in [4.69, 9.17) is 0 Å². The Balaban J connectivity index is 1.05. The number of hydrogen-bond donors (Lipinski definition) is 0. The molecular formula is C58H45N. The Hall–Kier alpha value is -6.96. The first-order chi connectivity index (χ1) is 28.8. The van der Waals surface area contributed by atoms with Crippen LogP contribution in [0.2, 0.25) is 0 Å². The molecule has 282 valence electrons. The molecule has 0 saturated carbocycles. The summed E-state index contributed by atoms with van der Waals surface area (Å²) < 4.78 is 0. The molecular weight excluding hydrogens is 711 g/mol. The van der Waals surface area contributed by atoms with Gasteiger partial charge in [-0.25, -0.2) is 0 Å². The minimum atomic E-state index is -0.172. The Labute approximate surface area is 347 Å². The molecule has 1 nitrogen and oxygen atoms in total. The van der Waals surface area contributed by atoms with E-state index >= 15 is 0 Å². The van der Waals surface area contributed by atoms with Gasteiger partial charge in [0.25, 0.3) is 0 Å². The van der Waals surface area contributed by atoms with Crippen molar-refractivity contribution in [3.05, 3.63) is 222 Å². The number of benzene rings is 9. The lowest BCUT2D eigenvalue weighted by Crippen LogP contribution is -2.16. The number of nitrogens with zero attached hydrogens (tertiary/aromatic N) is 1. The Kier molecular flexibility index (Phi) is 7.94. The Morgan fingerprint density at radius 1 is 0.322 bits per heavy atom. The predicted molar refractivity (Wildman–Crippen MR) is 250 cm³/mol. The van der Waals surface area contributed by atoms with Crippen molar-refractivity contribution in [2.45, 2.75) is 38.5 Å². The van der Waals surface area contributed by atoms with Crippen LogP contribution in [0.1, 0.15) is 49.9 Å². The van der Waals surface area contributed by atoms with Crippen molar-refractivity contribution in [3.8, 4) is 55.6 Å². The van der Waals surface area contributed by atoms with Crippen LogP contribution in [0.4, 0.5) is 17.1 Å². The molecule has 0 aromatic heterocycles. The molecule has 0 aliphatic heterocycles. The summed E-state index contributed by atoms with van der Waals surface area (Å²) in [5.41, 5.74) is 21.5. The van der Waals surface area contributed by atoms with Gasteiger partial charge in [0.1, 0.15) is 0 Å². The highest BCUT2D eigenvalue weighted by Crippen LogP contribution is 2.56. The Morgan fingerprint density at radius 3 is 1.54 bits per heavy atom. The third-order valence-corrected chi connectivity index (χ3v) is 13.2. The van der Waals surface area contributed by atoms with Gasteiger partial charge in [-0.15, -0.1) is 0 Å². The molecule has 0 spiro atoms. The van der Waals surface area contributed by atoms with Crippen molar-refractivity contribution in [1.82, 2.24) is 0 Å². The van der Waals surface area contributed by atoms with Gasteiger partial charge in [0.05, 0.1) is 0 Å². The van der Waals surface area contributed by atoms with Crippen molar-refractivity contribution in [2.24, 2.45) is 0 Å². The van der Waals surface area contributed by atoms with Crippen molar-refractivity contribution in [1.29, 1.82) is 0 Å². The second-order valence-electron chi connectivity index (χ2n) is 17.3. The van der Waals surface area contributed by atoms with E-state index in [-0.39, 0.29) is 10.8 Å². The lowest BCUT2D eigenvalue weighted by Gasteiger charge is -2.28. The van der Waals surface area contributed by atoms with Crippen LogP contribution in [-0.2, 0) is 10.8 Å². The standard InChI is InChI=1S/C58H45N/c1-57(2)52-22-14-13-21-48(52)49-34-32-46(37-54(49)57)59(44-28-23-40(24-29-44)38-15-7-5-8-16-38)45-30-25-41(26-31-45)51-35-43-19-11-12-20-47(43)56-55(51)50-33-27-42(36-53(50)58(56,3)4)39-17-9-6-10-18-39/h5-37H,1-4H3. The van der Waals surface area contributed by atoms with E-state index in [1.54, 1.807) is 0 Å². The third-order valence-electron chi connectivity index (χ3n) is 13.2. The molecule has 0 saturated heterocycles. The average molecular weight is 756 g/mol. The molecule has 0 bridgehead atoms. The summed E-state index contributed by atoms with van der Waals surface area (Å²) in [5.74, 6) is 0. The summed E-state index contributed by atoms with van der Waals surface area (Å²) in [6, 6.07) is 74.1.